The molecular formula is C16H25NO3. The zero-order valence-corrected chi connectivity index (χ0v) is 12.2. The van der Waals surface area contributed by atoms with Crippen LogP contribution in [-0.4, -0.2) is 35.0 Å². The Balaban J connectivity index is 1.73. The molecule has 3 fully saturated rings. The molecule has 20 heavy (non-hydrogen) atoms. The Bertz CT molecular complexity index is 406. The van der Waals surface area contributed by atoms with Crippen LogP contribution in [0.15, 0.2) is 0 Å². The van der Waals surface area contributed by atoms with Crippen LogP contribution in [0, 0.1) is 10.8 Å². The molecule has 112 valence electrons. The van der Waals surface area contributed by atoms with Gasteiger partial charge in [-0.25, -0.2) is 0 Å². The predicted octanol–water partition coefficient (Wildman–Crippen LogP) is 2.25. The number of carbonyl (C=O) groups excluding carboxylic acids is 2. The molecule has 0 aromatic heterocycles. The summed E-state index contributed by atoms with van der Waals surface area (Å²) < 4.78 is 0. The van der Waals surface area contributed by atoms with Crippen molar-refractivity contribution in [3.05, 3.63) is 0 Å². The molecule has 2 saturated carbocycles. The second-order valence-corrected chi connectivity index (χ2v) is 7.13. The van der Waals surface area contributed by atoms with Crippen LogP contribution in [0.1, 0.15) is 64.2 Å². The van der Waals surface area contributed by atoms with Gasteiger partial charge >= 0.3 is 0 Å². The van der Waals surface area contributed by atoms with Crippen molar-refractivity contribution >= 4 is 11.8 Å². The first-order valence-electron chi connectivity index (χ1n) is 8.07. The van der Waals surface area contributed by atoms with Crippen molar-refractivity contribution in [3.8, 4) is 0 Å². The van der Waals surface area contributed by atoms with E-state index in [-0.39, 0.29) is 29.3 Å². The van der Waals surface area contributed by atoms with Crippen molar-refractivity contribution in [2.75, 3.05) is 13.2 Å². The highest BCUT2D eigenvalue weighted by molar-refractivity contribution is 6.06. The molecule has 1 heterocycles. The van der Waals surface area contributed by atoms with Gasteiger partial charge in [0.1, 0.15) is 0 Å². The summed E-state index contributed by atoms with van der Waals surface area (Å²) in [7, 11) is 0. The summed E-state index contributed by atoms with van der Waals surface area (Å²) in [6.07, 6.45) is 9.55. The lowest BCUT2D eigenvalue weighted by Gasteiger charge is -2.27. The van der Waals surface area contributed by atoms with Crippen LogP contribution in [0.2, 0.25) is 0 Å². The molecular weight excluding hydrogens is 254 g/mol. The van der Waals surface area contributed by atoms with Gasteiger partial charge in [-0.2, -0.15) is 0 Å². The van der Waals surface area contributed by atoms with Gasteiger partial charge in [0, 0.05) is 19.6 Å². The Morgan fingerprint density at radius 2 is 1.65 bits per heavy atom. The minimum Gasteiger partial charge on any atom is -0.396 e. The van der Waals surface area contributed by atoms with Crippen LogP contribution in [0.3, 0.4) is 0 Å². The van der Waals surface area contributed by atoms with Crippen molar-refractivity contribution in [2.45, 2.75) is 64.2 Å². The van der Waals surface area contributed by atoms with E-state index in [4.69, 9.17) is 5.11 Å². The zero-order valence-electron chi connectivity index (χ0n) is 12.2. The first kappa shape index (κ1) is 14.1. The van der Waals surface area contributed by atoms with Crippen molar-refractivity contribution in [1.82, 2.24) is 4.90 Å². The molecule has 0 aromatic carbocycles. The van der Waals surface area contributed by atoms with Crippen molar-refractivity contribution in [1.29, 1.82) is 0 Å². The van der Waals surface area contributed by atoms with E-state index < -0.39 is 0 Å². The molecule has 1 N–H and O–H groups in total. The van der Waals surface area contributed by atoms with Gasteiger partial charge in [-0.05, 0) is 37.5 Å². The molecule has 4 heteroatoms. The molecule has 3 rings (SSSR count). The molecule has 1 aliphatic heterocycles. The number of aliphatic hydroxyl groups is 1. The Morgan fingerprint density at radius 3 is 2.20 bits per heavy atom. The fraction of sp³-hybridized carbons (Fsp3) is 0.875. The zero-order chi connectivity index (χ0) is 14.2. The molecule has 0 aromatic rings. The minimum atomic E-state index is -0.372. The number of nitrogens with zero attached hydrogens (tertiary/aromatic N) is 1. The maximum absolute atomic E-state index is 12.8. The first-order chi connectivity index (χ1) is 9.61. The van der Waals surface area contributed by atoms with Crippen molar-refractivity contribution in [2.24, 2.45) is 10.8 Å². The third-order valence-electron chi connectivity index (χ3n) is 5.64. The normalized spacial score (nSPS) is 27.9. The first-order valence-corrected chi connectivity index (χ1v) is 8.07. The molecule has 0 bridgehead atoms. The van der Waals surface area contributed by atoms with E-state index in [1.165, 1.54) is 17.7 Å². The maximum Gasteiger partial charge on any atom is 0.235 e. The third-order valence-corrected chi connectivity index (χ3v) is 5.64. The van der Waals surface area contributed by atoms with Gasteiger partial charge in [-0.3, -0.25) is 14.5 Å². The average Bonchev–Trinajstić information content (AvgIpc) is 3.17. The fourth-order valence-corrected chi connectivity index (χ4v) is 4.05. The number of likely N-dealkylation sites (tertiary alicyclic amines) is 1. The minimum absolute atomic E-state index is 0.0288. The molecule has 2 aliphatic carbocycles. The molecule has 2 amide bonds. The number of hydrogen-bond donors (Lipinski definition) is 1. The number of carbonyl (C=O) groups is 2. The van der Waals surface area contributed by atoms with Crippen LogP contribution in [0.5, 0.6) is 0 Å². The average molecular weight is 279 g/mol. The second-order valence-electron chi connectivity index (χ2n) is 7.13. The fourth-order valence-electron chi connectivity index (χ4n) is 4.05. The second kappa shape index (κ2) is 5.14. The van der Waals surface area contributed by atoms with Gasteiger partial charge < -0.3 is 5.11 Å². The van der Waals surface area contributed by atoms with Gasteiger partial charge in [-0.1, -0.05) is 25.7 Å². The molecule has 3 aliphatic rings. The number of aliphatic hydroxyl groups excluding tert-OH is 1. The lowest BCUT2D eigenvalue weighted by atomic mass is 9.79. The summed E-state index contributed by atoms with van der Waals surface area (Å²) >= 11 is 0. The summed E-state index contributed by atoms with van der Waals surface area (Å²) in [5.74, 6) is 0.120. The Morgan fingerprint density at radius 1 is 1.00 bits per heavy atom. The molecule has 0 unspecified atom stereocenters. The Hall–Kier alpha value is -0.900. The molecule has 4 nitrogen and oxygen atoms in total. The molecule has 1 spiro atoms. The lowest BCUT2D eigenvalue weighted by Crippen LogP contribution is -2.39. The smallest absolute Gasteiger partial charge is 0.235 e. The summed E-state index contributed by atoms with van der Waals surface area (Å²) in [6, 6.07) is 0. The van der Waals surface area contributed by atoms with Crippen LogP contribution in [0.25, 0.3) is 0 Å². The van der Waals surface area contributed by atoms with E-state index in [9.17, 15) is 9.59 Å². The third kappa shape index (κ3) is 2.39. The van der Waals surface area contributed by atoms with Gasteiger partial charge in [0.25, 0.3) is 0 Å². The van der Waals surface area contributed by atoms with E-state index >= 15 is 0 Å². The summed E-state index contributed by atoms with van der Waals surface area (Å²) in [5.41, 5.74) is -0.334. The van der Waals surface area contributed by atoms with Gasteiger partial charge in [0.05, 0.1) is 5.41 Å². The molecule has 0 radical (unpaired) electrons. The van der Waals surface area contributed by atoms with Crippen LogP contribution < -0.4 is 0 Å². The molecule has 0 atom stereocenters. The maximum atomic E-state index is 12.8. The van der Waals surface area contributed by atoms with Crippen molar-refractivity contribution < 1.29 is 14.7 Å². The van der Waals surface area contributed by atoms with E-state index in [0.717, 1.165) is 44.9 Å². The van der Waals surface area contributed by atoms with Crippen LogP contribution >= 0.6 is 0 Å². The predicted molar refractivity (Wildman–Crippen MR) is 74.8 cm³/mol. The number of amides is 2. The molecule has 1 saturated heterocycles. The Kier molecular flexibility index (Phi) is 3.61. The monoisotopic (exact) mass is 279 g/mol. The standard InChI is InChI=1S/C16H25NO3/c18-10-9-15(7-8-15)12-17-13(19)11-16(14(17)20)5-3-1-2-4-6-16/h18H,1-12H2. The topological polar surface area (TPSA) is 57.6 Å². The van der Waals surface area contributed by atoms with E-state index in [1.54, 1.807) is 0 Å². The van der Waals surface area contributed by atoms with Crippen LogP contribution in [0.4, 0.5) is 0 Å². The highest BCUT2D eigenvalue weighted by Crippen LogP contribution is 2.52. The lowest BCUT2D eigenvalue weighted by molar-refractivity contribution is -0.142. The highest BCUT2D eigenvalue weighted by atomic mass is 16.3. The van der Waals surface area contributed by atoms with Gasteiger partial charge in [0.2, 0.25) is 11.8 Å². The Labute approximate surface area is 120 Å². The van der Waals surface area contributed by atoms with Crippen molar-refractivity contribution in [3.63, 3.8) is 0 Å². The quantitative estimate of drug-likeness (QED) is 0.803. The SMILES string of the molecule is O=C1CC2(CCCCCC2)C(=O)N1CC1(CCO)CC1. The summed E-state index contributed by atoms with van der Waals surface area (Å²) in [5, 5.41) is 9.14. The van der Waals surface area contributed by atoms with E-state index in [2.05, 4.69) is 0 Å². The highest BCUT2D eigenvalue weighted by Gasteiger charge is 2.54. The van der Waals surface area contributed by atoms with Gasteiger partial charge in [-0.15, -0.1) is 0 Å². The van der Waals surface area contributed by atoms with Crippen LogP contribution in [-0.2, 0) is 9.59 Å². The summed E-state index contributed by atoms with van der Waals surface area (Å²) in [6.45, 7) is 0.703. The largest absolute Gasteiger partial charge is 0.396 e. The number of rotatable bonds is 4. The van der Waals surface area contributed by atoms with E-state index in [0.29, 0.717) is 13.0 Å². The van der Waals surface area contributed by atoms with E-state index in [1.807, 2.05) is 0 Å². The number of imide groups is 1. The summed E-state index contributed by atoms with van der Waals surface area (Å²) in [4.78, 5) is 26.7. The van der Waals surface area contributed by atoms with Gasteiger partial charge in [0.15, 0.2) is 0 Å². The number of hydrogen-bond acceptors (Lipinski definition) is 3.